The molecule has 3 aromatic rings. The van der Waals surface area contributed by atoms with Gasteiger partial charge in [0.15, 0.2) is 0 Å². The molecule has 2 heterocycles. The van der Waals surface area contributed by atoms with Gasteiger partial charge in [-0.25, -0.2) is 0 Å². The summed E-state index contributed by atoms with van der Waals surface area (Å²) in [5.74, 6) is -0.108. The van der Waals surface area contributed by atoms with Crippen LogP contribution in [-0.2, 0) is 12.8 Å². The number of nitrogens with one attached hydrogen (secondary N) is 1. The third-order valence-corrected chi connectivity index (χ3v) is 4.32. The van der Waals surface area contributed by atoms with Gasteiger partial charge in [-0.2, -0.15) is 13.2 Å². The van der Waals surface area contributed by atoms with E-state index in [9.17, 15) is 22.8 Å². The second-order valence-electron chi connectivity index (χ2n) is 6.28. The number of carbonyl (C=O) groups is 1. The fraction of sp³-hybridized carbons (Fsp3) is 0.211. The van der Waals surface area contributed by atoms with Gasteiger partial charge in [0.05, 0.1) is 11.3 Å². The number of nitrogens with two attached hydrogens (primary N) is 1. The molecule has 0 spiro atoms. The Morgan fingerprint density at radius 1 is 1.24 bits per heavy atom. The Bertz CT molecular complexity index is 1100. The SMILES string of the molecule is Cc1noc(C)c1COc1ccc(-c2cc(C(N)=O)c(=O)[nH]c2C(F)(F)F)cc1. The minimum absolute atomic E-state index is 0.126. The van der Waals surface area contributed by atoms with Crippen LogP contribution >= 0.6 is 0 Å². The highest BCUT2D eigenvalue weighted by Crippen LogP contribution is 2.35. The summed E-state index contributed by atoms with van der Waals surface area (Å²) in [5, 5.41) is 3.82. The van der Waals surface area contributed by atoms with Crippen LogP contribution in [0.2, 0.25) is 0 Å². The maximum atomic E-state index is 13.4. The minimum atomic E-state index is -4.83. The average molecular weight is 407 g/mol. The molecule has 1 amide bonds. The van der Waals surface area contributed by atoms with Crippen molar-refractivity contribution in [2.45, 2.75) is 26.6 Å². The van der Waals surface area contributed by atoms with Crippen molar-refractivity contribution >= 4 is 5.91 Å². The zero-order valence-corrected chi connectivity index (χ0v) is 15.4. The van der Waals surface area contributed by atoms with Gasteiger partial charge in [0.1, 0.15) is 29.4 Å². The number of alkyl halides is 3. The fourth-order valence-electron chi connectivity index (χ4n) is 2.76. The summed E-state index contributed by atoms with van der Waals surface area (Å²) < 4.78 is 50.7. The van der Waals surface area contributed by atoms with E-state index in [1.165, 1.54) is 24.3 Å². The molecule has 2 aromatic heterocycles. The van der Waals surface area contributed by atoms with Crippen molar-refractivity contribution in [1.29, 1.82) is 0 Å². The molecular weight excluding hydrogens is 391 g/mol. The summed E-state index contributed by atoms with van der Waals surface area (Å²) in [5.41, 5.74) is 3.26. The smallest absolute Gasteiger partial charge is 0.431 e. The molecule has 0 aliphatic rings. The van der Waals surface area contributed by atoms with Crippen molar-refractivity contribution in [1.82, 2.24) is 10.1 Å². The number of aromatic amines is 1. The number of hydrogen-bond acceptors (Lipinski definition) is 5. The Kier molecular flexibility index (Phi) is 5.19. The van der Waals surface area contributed by atoms with Gasteiger partial charge in [-0.05, 0) is 37.6 Å². The van der Waals surface area contributed by atoms with Crippen LogP contribution in [-0.4, -0.2) is 16.0 Å². The molecular formula is C19H16F3N3O4. The number of carbonyl (C=O) groups excluding carboxylic acids is 1. The average Bonchev–Trinajstić information content (AvgIpc) is 2.97. The zero-order valence-electron chi connectivity index (χ0n) is 15.4. The van der Waals surface area contributed by atoms with Crippen LogP contribution in [0.5, 0.6) is 5.75 Å². The number of halogens is 3. The van der Waals surface area contributed by atoms with Crippen molar-refractivity contribution in [3.63, 3.8) is 0 Å². The van der Waals surface area contributed by atoms with Crippen molar-refractivity contribution in [3.05, 3.63) is 69.0 Å². The predicted molar refractivity (Wildman–Crippen MR) is 96.3 cm³/mol. The van der Waals surface area contributed by atoms with E-state index < -0.39 is 28.9 Å². The summed E-state index contributed by atoms with van der Waals surface area (Å²) in [7, 11) is 0. The van der Waals surface area contributed by atoms with Crippen molar-refractivity contribution in [3.8, 4) is 16.9 Å². The molecule has 0 unspecified atom stereocenters. The number of aryl methyl sites for hydroxylation is 2. The molecule has 0 aliphatic carbocycles. The number of primary amides is 1. The molecule has 3 N–H and O–H groups in total. The van der Waals surface area contributed by atoms with Crippen LogP contribution in [0.25, 0.3) is 11.1 Å². The highest BCUT2D eigenvalue weighted by atomic mass is 19.4. The van der Waals surface area contributed by atoms with Crippen molar-refractivity contribution in [2.24, 2.45) is 5.73 Å². The van der Waals surface area contributed by atoms with Crippen LogP contribution < -0.4 is 16.0 Å². The molecule has 7 nitrogen and oxygen atoms in total. The lowest BCUT2D eigenvalue weighted by Gasteiger charge is -2.14. The fourth-order valence-corrected chi connectivity index (χ4v) is 2.76. The van der Waals surface area contributed by atoms with E-state index in [1.807, 2.05) is 0 Å². The minimum Gasteiger partial charge on any atom is -0.489 e. The lowest BCUT2D eigenvalue weighted by molar-refractivity contribution is -0.140. The summed E-state index contributed by atoms with van der Waals surface area (Å²) in [6, 6.07) is 6.56. The van der Waals surface area contributed by atoms with Gasteiger partial charge in [0.25, 0.3) is 11.5 Å². The normalized spacial score (nSPS) is 11.5. The molecule has 0 fully saturated rings. The first-order valence-corrected chi connectivity index (χ1v) is 8.37. The molecule has 3 rings (SSSR count). The number of aromatic nitrogens is 2. The summed E-state index contributed by atoms with van der Waals surface area (Å²) in [4.78, 5) is 24.8. The standard InChI is InChI=1S/C19H16F3N3O4/c1-9-15(10(2)29-25-9)8-28-12-5-3-11(4-6-12)13-7-14(17(23)26)18(27)24-16(13)19(20,21)22/h3-7H,8H2,1-2H3,(H2,23,26)(H,24,27). The van der Waals surface area contributed by atoms with E-state index >= 15 is 0 Å². The number of nitrogens with zero attached hydrogens (tertiary/aromatic N) is 1. The van der Waals surface area contributed by atoms with Crippen LogP contribution in [0.1, 0.15) is 33.1 Å². The Balaban J connectivity index is 1.94. The lowest BCUT2D eigenvalue weighted by Crippen LogP contribution is -2.27. The number of ether oxygens (including phenoxy) is 1. The summed E-state index contributed by atoms with van der Waals surface area (Å²) in [6.45, 7) is 3.69. The van der Waals surface area contributed by atoms with E-state index in [4.69, 9.17) is 15.0 Å². The molecule has 10 heteroatoms. The second-order valence-corrected chi connectivity index (χ2v) is 6.28. The molecule has 0 aliphatic heterocycles. The monoisotopic (exact) mass is 407 g/mol. The van der Waals surface area contributed by atoms with Crippen LogP contribution in [0.15, 0.2) is 39.6 Å². The van der Waals surface area contributed by atoms with Gasteiger partial charge in [-0.1, -0.05) is 17.3 Å². The third-order valence-electron chi connectivity index (χ3n) is 4.32. The Morgan fingerprint density at radius 2 is 1.90 bits per heavy atom. The second kappa shape index (κ2) is 7.46. The quantitative estimate of drug-likeness (QED) is 0.674. The zero-order chi connectivity index (χ0) is 21.3. The first-order chi connectivity index (χ1) is 13.6. The van der Waals surface area contributed by atoms with Crippen LogP contribution in [0.4, 0.5) is 13.2 Å². The number of benzene rings is 1. The van der Waals surface area contributed by atoms with Gasteiger partial charge in [-0.15, -0.1) is 0 Å². The molecule has 0 saturated carbocycles. The molecule has 0 saturated heterocycles. The van der Waals surface area contributed by atoms with Crippen molar-refractivity contribution < 1.29 is 27.2 Å². The Hall–Kier alpha value is -3.56. The molecule has 152 valence electrons. The topological polar surface area (TPSA) is 111 Å². The maximum absolute atomic E-state index is 13.4. The Morgan fingerprint density at radius 3 is 2.41 bits per heavy atom. The van der Waals surface area contributed by atoms with Gasteiger partial charge < -0.3 is 20.0 Å². The number of hydrogen-bond donors (Lipinski definition) is 2. The molecule has 0 bridgehead atoms. The van der Waals surface area contributed by atoms with Gasteiger partial charge in [0.2, 0.25) is 0 Å². The number of rotatable bonds is 5. The summed E-state index contributed by atoms with van der Waals surface area (Å²) >= 11 is 0. The lowest BCUT2D eigenvalue weighted by atomic mass is 10.0. The maximum Gasteiger partial charge on any atom is 0.431 e. The van der Waals surface area contributed by atoms with E-state index in [-0.39, 0.29) is 17.7 Å². The van der Waals surface area contributed by atoms with E-state index in [2.05, 4.69) is 5.16 Å². The predicted octanol–water partition coefficient (Wildman–Crippen LogP) is 3.34. The third kappa shape index (κ3) is 4.15. The van der Waals surface area contributed by atoms with Crippen LogP contribution in [0.3, 0.4) is 0 Å². The molecule has 0 radical (unpaired) electrons. The first kappa shape index (κ1) is 20.2. The highest BCUT2D eigenvalue weighted by Gasteiger charge is 2.36. The van der Waals surface area contributed by atoms with E-state index in [0.29, 0.717) is 17.2 Å². The summed E-state index contributed by atoms with van der Waals surface area (Å²) in [6.07, 6.45) is -4.83. The number of pyridine rings is 1. The van der Waals surface area contributed by atoms with Crippen LogP contribution in [0, 0.1) is 13.8 Å². The molecule has 0 atom stereocenters. The molecule has 29 heavy (non-hydrogen) atoms. The first-order valence-electron chi connectivity index (χ1n) is 8.37. The van der Waals surface area contributed by atoms with E-state index in [1.54, 1.807) is 18.8 Å². The largest absolute Gasteiger partial charge is 0.489 e. The number of H-pyrrole nitrogens is 1. The highest BCUT2D eigenvalue weighted by molar-refractivity contribution is 5.94. The van der Waals surface area contributed by atoms with Crippen molar-refractivity contribution in [2.75, 3.05) is 0 Å². The van der Waals surface area contributed by atoms with Gasteiger partial charge in [0, 0.05) is 5.56 Å². The van der Waals surface area contributed by atoms with Gasteiger partial charge >= 0.3 is 6.18 Å². The Labute approximate surface area is 162 Å². The van der Waals surface area contributed by atoms with E-state index in [0.717, 1.165) is 11.6 Å². The van der Waals surface area contributed by atoms with Gasteiger partial charge in [-0.3, -0.25) is 9.59 Å². The molecule has 1 aromatic carbocycles. The number of amides is 1.